The van der Waals surface area contributed by atoms with Crippen molar-refractivity contribution in [2.24, 2.45) is 0 Å². The summed E-state index contributed by atoms with van der Waals surface area (Å²) in [5, 5.41) is 5.58. The lowest BCUT2D eigenvalue weighted by molar-refractivity contribution is -0.143. The van der Waals surface area contributed by atoms with Gasteiger partial charge in [-0.05, 0) is 35.4 Å². The van der Waals surface area contributed by atoms with E-state index in [1.165, 1.54) is 12.1 Å². The van der Waals surface area contributed by atoms with Crippen LogP contribution in [0.25, 0.3) is 16.5 Å². The highest BCUT2D eigenvalue weighted by Crippen LogP contribution is 2.33. The van der Waals surface area contributed by atoms with Gasteiger partial charge in [-0.25, -0.2) is 4.68 Å². The van der Waals surface area contributed by atoms with Gasteiger partial charge in [0.25, 0.3) is 5.91 Å². The van der Waals surface area contributed by atoms with Gasteiger partial charge in [0.15, 0.2) is 5.69 Å². The summed E-state index contributed by atoms with van der Waals surface area (Å²) in [6.45, 7) is 1.80. The molecule has 1 heterocycles. The lowest BCUT2D eigenvalue weighted by atomic mass is 10.0. The molecule has 0 aliphatic rings. The van der Waals surface area contributed by atoms with E-state index in [2.05, 4.69) is 16.0 Å². The third-order valence-electron chi connectivity index (χ3n) is 5.11. The number of halogens is 3. The molecule has 1 aromatic heterocycles. The first-order valence-corrected chi connectivity index (χ1v) is 10.0. The van der Waals surface area contributed by atoms with Crippen molar-refractivity contribution in [3.05, 3.63) is 95.3 Å². The smallest absolute Gasteiger partial charge is 0.273 e. The number of rotatable bonds is 4. The van der Waals surface area contributed by atoms with Gasteiger partial charge in [-0.2, -0.15) is 18.3 Å². The van der Waals surface area contributed by atoms with E-state index in [4.69, 9.17) is 0 Å². The average molecular weight is 452 g/mol. The maximum absolute atomic E-state index is 13.8. The minimum Gasteiger partial charge on any atom is -0.273 e. The van der Waals surface area contributed by atoms with Crippen molar-refractivity contribution < 1.29 is 22.8 Å². The standard InChI is InChI=1S/C24H19F3N4O2/c1-15-9-11-18(12-10-15)31-22(24(25,26)27)20(14-28-31)23(33)30-29-21(32)13-17-7-4-6-16-5-2-3-8-19(16)17/h2-12,14H,13H2,1H3,(H,29,32)(H,30,33). The first-order valence-electron chi connectivity index (χ1n) is 10.0. The van der Waals surface area contributed by atoms with Gasteiger partial charge < -0.3 is 0 Å². The second-order valence-electron chi connectivity index (χ2n) is 7.47. The predicted octanol–water partition coefficient (Wildman–Crippen LogP) is 4.36. The number of fused-ring (bicyclic) bond motifs is 1. The van der Waals surface area contributed by atoms with E-state index in [1.54, 1.807) is 31.2 Å². The lowest BCUT2D eigenvalue weighted by Crippen LogP contribution is -2.43. The minimum absolute atomic E-state index is 0.0591. The van der Waals surface area contributed by atoms with E-state index < -0.39 is 29.2 Å². The van der Waals surface area contributed by atoms with Gasteiger partial charge in [0.1, 0.15) is 0 Å². The molecule has 0 radical (unpaired) electrons. The van der Waals surface area contributed by atoms with Crippen molar-refractivity contribution in [1.29, 1.82) is 0 Å². The largest absolute Gasteiger partial charge is 0.434 e. The number of hydrogen-bond acceptors (Lipinski definition) is 3. The predicted molar refractivity (Wildman–Crippen MR) is 117 cm³/mol. The molecular weight excluding hydrogens is 433 g/mol. The first kappa shape index (κ1) is 22.1. The Labute approximate surface area is 187 Å². The minimum atomic E-state index is -4.85. The molecule has 0 aliphatic carbocycles. The Morgan fingerprint density at radius 2 is 1.64 bits per heavy atom. The molecule has 9 heteroatoms. The van der Waals surface area contributed by atoms with Crippen LogP contribution in [0.5, 0.6) is 0 Å². The molecule has 3 aromatic carbocycles. The van der Waals surface area contributed by atoms with E-state index >= 15 is 0 Å². The molecule has 0 saturated carbocycles. The Morgan fingerprint density at radius 1 is 0.939 bits per heavy atom. The molecule has 0 spiro atoms. The highest BCUT2D eigenvalue weighted by molar-refractivity contribution is 5.97. The van der Waals surface area contributed by atoms with Crippen molar-refractivity contribution in [3.8, 4) is 5.69 Å². The van der Waals surface area contributed by atoms with Crippen LogP contribution in [0.2, 0.25) is 0 Å². The fourth-order valence-electron chi connectivity index (χ4n) is 3.53. The Hall–Kier alpha value is -4.14. The number of benzene rings is 3. The van der Waals surface area contributed by atoms with E-state index in [0.29, 0.717) is 4.68 Å². The summed E-state index contributed by atoms with van der Waals surface area (Å²) in [5.74, 6) is -1.69. The molecule has 0 unspecified atom stereocenters. The lowest BCUT2D eigenvalue weighted by Gasteiger charge is -2.13. The highest BCUT2D eigenvalue weighted by atomic mass is 19.4. The van der Waals surface area contributed by atoms with Crippen molar-refractivity contribution in [2.75, 3.05) is 0 Å². The zero-order chi connectivity index (χ0) is 23.6. The van der Waals surface area contributed by atoms with E-state index in [9.17, 15) is 22.8 Å². The summed E-state index contributed by atoms with van der Waals surface area (Å²) in [6.07, 6.45) is -4.08. The zero-order valence-corrected chi connectivity index (χ0v) is 17.5. The maximum Gasteiger partial charge on any atom is 0.434 e. The molecule has 0 fully saturated rings. The molecule has 0 atom stereocenters. The number of aromatic nitrogens is 2. The van der Waals surface area contributed by atoms with Crippen molar-refractivity contribution in [2.45, 2.75) is 19.5 Å². The third-order valence-corrected chi connectivity index (χ3v) is 5.11. The molecule has 168 valence electrons. The number of aryl methyl sites for hydroxylation is 1. The fraction of sp³-hybridized carbons (Fsp3) is 0.125. The Morgan fingerprint density at radius 3 is 2.36 bits per heavy atom. The zero-order valence-electron chi connectivity index (χ0n) is 17.5. The fourth-order valence-corrected chi connectivity index (χ4v) is 3.53. The van der Waals surface area contributed by atoms with Crippen LogP contribution in [0.15, 0.2) is 72.9 Å². The Bertz CT molecular complexity index is 1320. The molecule has 0 aliphatic heterocycles. The summed E-state index contributed by atoms with van der Waals surface area (Å²) in [6, 6.07) is 19.2. The summed E-state index contributed by atoms with van der Waals surface area (Å²) >= 11 is 0. The molecule has 2 amide bonds. The van der Waals surface area contributed by atoms with Gasteiger partial charge in [0.2, 0.25) is 5.91 Å². The van der Waals surface area contributed by atoms with Crippen LogP contribution in [-0.4, -0.2) is 21.6 Å². The molecule has 2 N–H and O–H groups in total. The van der Waals surface area contributed by atoms with Gasteiger partial charge in [-0.15, -0.1) is 0 Å². The Balaban J connectivity index is 1.51. The van der Waals surface area contributed by atoms with Crippen LogP contribution in [0.4, 0.5) is 13.2 Å². The van der Waals surface area contributed by atoms with E-state index in [0.717, 1.165) is 28.1 Å². The average Bonchev–Trinajstić information content (AvgIpc) is 3.24. The number of carbonyl (C=O) groups excluding carboxylic acids is 2. The van der Waals surface area contributed by atoms with Gasteiger partial charge in [-0.1, -0.05) is 60.2 Å². The second-order valence-corrected chi connectivity index (χ2v) is 7.47. The van der Waals surface area contributed by atoms with Crippen LogP contribution in [0, 0.1) is 6.92 Å². The summed E-state index contributed by atoms with van der Waals surface area (Å²) in [4.78, 5) is 24.9. The van der Waals surface area contributed by atoms with Crippen molar-refractivity contribution in [3.63, 3.8) is 0 Å². The molecule has 4 rings (SSSR count). The Kier molecular flexibility index (Phi) is 5.87. The van der Waals surface area contributed by atoms with Crippen LogP contribution in [0.3, 0.4) is 0 Å². The molecular formula is C24H19F3N4O2. The maximum atomic E-state index is 13.8. The number of hydrogen-bond donors (Lipinski definition) is 2. The number of carbonyl (C=O) groups is 2. The quantitative estimate of drug-likeness (QED) is 0.452. The molecule has 6 nitrogen and oxygen atoms in total. The van der Waals surface area contributed by atoms with Crippen LogP contribution >= 0.6 is 0 Å². The topological polar surface area (TPSA) is 76.0 Å². The third kappa shape index (κ3) is 4.72. The van der Waals surface area contributed by atoms with Gasteiger partial charge >= 0.3 is 6.18 Å². The number of nitrogens with one attached hydrogen (secondary N) is 2. The van der Waals surface area contributed by atoms with E-state index in [1.807, 2.05) is 30.3 Å². The highest BCUT2D eigenvalue weighted by Gasteiger charge is 2.40. The molecule has 33 heavy (non-hydrogen) atoms. The monoisotopic (exact) mass is 452 g/mol. The summed E-state index contributed by atoms with van der Waals surface area (Å²) < 4.78 is 42.0. The SMILES string of the molecule is Cc1ccc(-n2ncc(C(=O)NNC(=O)Cc3cccc4ccccc34)c2C(F)(F)F)cc1. The number of hydrazine groups is 1. The number of amides is 2. The molecule has 0 saturated heterocycles. The second kappa shape index (κ2) is 8.78. The molecule has 0 bridgehead atoms. The van der Waals surface area contributed by atoms with Crippen molar-refractivity contribution in [1.82, 2.24) is 20.6 Å². The van der Waals surface area contributed by atoms with E-state index in [-0.39, 0.29) is 12.1 Å². The van der Waals surface area contributed by atoms with Gasteiger partial charge in [-0.3, -0.25) is 20.4 Å². The van der Waals surface area contributed by atoms with Crippen LogP contribution in [-0.2, 0) is 17.4 Å². The van der Waals surface area contributed by atoms with Crippen LogP contribution < -0.4 is 10.9 Å². The van der Waals surface area contributed by atoms with Crippen molar-refractivity contribution >= 4 is 22.6 Å². The molecule has 4 aromatic rings. The number of nitrogens with zero attached hydrogens (tertiary/aromatic N) is 2. The van der Waals surface area contributed by atoms with Crippen LogP contribution in [0.1, 0.15) is 27.2 Å². The summed E-state index contributed by atoms with van der Waals surface area (Å²) in [5.41, 5.74) is 4.07. The van der Waals surface area contributed by atoms with Gasteiger partial charge in [0, 0.05) is 0 Å². The number of alkyl halides is 3. The first-order chi connectivity index (χ1) is 15.7. The summed E-state index contributed by atoms with van der Waals surface area (Å²) in [7, 11) is 0. The van der Waals surface area contributed by atoms with Gasteiger partial charge in [0.05, 0.1) is 23.9 Å². The normalized spacial score (nSPS) is 11.4.